The summed E-state index contributed by atoms with van der Waals surface area (Å²) >= 11 is 0. The predicted octanol–water partition coefficient (Wildman–Crippen LogP) is 2.99. The fourth-order valence-electron chi connectivity index (χ4n) is 4.15. The molecule has 0 saturated carbocycles. The molecule has 0 atom stereocenters. The van der Waals surface area contributed by atoms with Crippen molar-refractivity contribution < 1.29 is 14.3 Å². The van der Waals surface area contributed by atoms with Gasteiger partial charge in [-0.25, -0.2) is 9.37 Å². The molecule has 0 spiro atoms. The topological polar surface area (TPSA) is 74.9 Å². The average molecular weight is 409 g/mol. The molecule has 1 fully saturated rings. The second-order valence-electron chi connectivity index (χ2n) is 7.80. The van der Waals surface area contributed by atoms with Crippen LogP contribution in [-0.4, -0.2) is 44.8 Å². The zero-order valence-electron chi connectivity index (χ0n) is 16.8. The fraction of sp³-hybridized carbons (Fsp3) is 0.348. The van der Waals surface area contributed by atoms with Crippen LogP contribution in [0.15, 0.2) is 47.4 Å². The number of aromatic nitrogens is 2. The van der Waals surface area contributed by atoms with Crippen molar-refractivity contribution in [2.75, 3.05) is 19.6 Å². The Hall–Kier alpha value is -3.06. The summed E-state index contributed by atoms with van der Waals surface area (Å²) in [4.78, 5) is 32.2. The second kappa shape index (κ2) is 8.36. The lowest BCUT2D eigenvalue weighted by molar-refractivity contribution is 0.0838. The quantitative estimate of drug-likeness (QED) is 0.656. The van der Waals surface area contributed by atoms with Crippen LogP contribution in [0, 0.1) is 18.7 Å². The number of hydrogen-bond donors (Lipinski definition) is 1. The van der Waals surface area contributed by atoms with Gasteiger partial charge in [0.05, 0.1) is 5.56 Å². The molecular weight excluding hydrogens is 385 g/mol. The maximum Gasteiger partial charge on any atom is 0.261 e. The minimum atomic E-state index is -0.562. The van der Waals surface area contributed by atoms with Gasteiger partial charge < -0.3 is 10.0 Å². The highest BCUT2D eigenvalue weighted by Crippen LogP contribution is 2.27. The zero-order chi connectivity index (χ0) is 21.3. The van der Waals surface area contributed by atoms with Crippen molar-refractivity contribution in [3.8, 4) is 5.75 Å². The number of hydrogen-bond acceptors (Lipinski definition) is 5. The van der Waals surface area contributed by atoms with Gasteiger partial charge in [0.15, 0.2) is 5.78 Å². The molecule has 7 heteroatoms. The molecule has 2 aromatic heterocycles. The SMILES string of the molecule is Cc1nc2ccccn2c(=O)c1CCN1CCC(C(=O)c2ccc(F)cc2O)CC1. The Morgan fingerprint density at radius 2 is 2.00 bits per heavy atom. The van der Waals surface area contributed by atoms with E-state index < -0.39 is 5.82 Å². The number of Topliss-reactive ketones (excluding diaryl/α,β-unsaturated/α-hetero) is 1. The van der Waals surface area contributed by atoms with Crippen LogP contribution in [0.5, 0.6) is 5.75 Å². The van der Waals surface area contributed by atoms with Crippen LogP contribution < -0.4 is 5.56 Å². The molecule has 3 aromatic rings. The molecule has 0 unspecified atom stereocenters. The number of benzene rings is 1. The van der Waals surface area contributed by atoms with E-state index in [1.165, 1.54) is 12.1 Å². The monoisotopic (exact) mass is 409 g/mol. The van der Waals surface area contributed by atoms with Crippen molar-refractivity contribution in [1.29, 1.82) is 0 Å². The second-order valence-corrected chi connectivity index (χ2v) is 7.80. The van der Waals surface area contributed by atoms with E-state index in [4.69, 9.17) is 0 Å². The smallest absolute Gasteiger partial charge is 0.261 e. The number of carbonyl (C=O) groups is 1. The van der Waals surface area contributed by atoms with Gasteiger partial charge in [-0.05, 0) is 63.5 Å². The lowest BCUT2D eigenvalue weighted by Crippen LogP contribution is -2.38. The van der Waals surface area contributed by atoms with Crippen LogP contribution in [0.25, 0.3) is 5.65 Å². The maximum absolute atomic E-state index is 13.2. The van der Waals surface area contributed by atoms with Crippen molar-refractivity contribution in [3.05, 3.63) is 75.6 Å². The first-order valence-electron chi connectivity index (χ1n) is 10.2. The summed E-state index contributed by atoms with van der Waals surface area (Å²) in [5.74, 6) is -1.19. The summed E-state index contributed by atoms with van der Waals surface area (Å²) < 4.78 is 14.7. The molecule has 1 N–H and O–H groups in total. The standard InChI is InChI=1S/C23H24FN3O3/c1-15-18(23(30)27-10-3-2-4-21(27)25-15)9-13-26-11-7-16(8-12-26)22(29)19-6-5-17(24)14-20(19)28/h2-6,10,14,16,28H,7-9,11-13H2,1H3. The number of fused-ring (bicyclic) bond motifs is 1. The van der Waals surface area contributed by atoms with E-state index in [0.717, 1.165) is 31.4 Å². The van der Waals surface area contributed by atoms with E-state index in [-0.39, 0.29) is 28.6 Å². The zero-order valence-corrected chi connectivity index (χ0v) is 16.8. The highest BCUT2D eigenvalue weighted by molar-refractivity contribution is 6.00. The summed E-state index contributed by atoms with van der Waals surface area (Å²) in [6, 6.07) is 9.01. The number of aryl methyl sites for hydroxylation is 1. The Morgan fingerprint density at radius 3 is 2.73 bits per heavy atom. The van der Waals surface area contributed by atoms with Crippen molar-refractivity contribution in [2.24, 2.45) is 5.92 Å². The van der Waals surface area contributed by atoms with Gasteiger partial charge in [0.25, 0.3) is 5.56 Å². The van der Waals surface area contributed by atoms with Crippen LogP contribution in [0.3, 0.4) is 0 Å². The minimum Gasteiger partial charge on any atom is -0.507 e. The van der Waals surface area contributed by atoms with E-state index in [1.54, 1.807) is 10.6 Å². The number of likely N-dealkylation sites (tertiary alicyclic amines) is 1. The minimum absolute atomic E-state index is 0.0325. The highest BCUT2D eigenvalue weighted by atomic mass is 19.1. The van der Waals surface area contributed by atoms with Crippen LogP contribution in [-0.2, 0) is 6.42 Å². The van der Waals surface area contributed by atoms with Gasteiger partial charge in [0, 0.05) is 36.0 Å². The number of phenols is 1. The maximum atomic E-state index is 13.2. The molecule has 0 aliphatic carbocycles. The fourth-order valence-corrected chi connectivity index (χ4v) is 4.15. The highest BCUT2D eigenvalue weighted by Gasteiger charge is 2.27. The lowest BCUT2D eigenvalue weighted by atomic mass is 9.88. The van der Waals surface area contributed by atoms with Crippen molar-refractivity contribution in [1.82, 2.24) is 14.3 Å². The summed E-state index contributed by atoms with van der Waals surface area (Å²) in [7, 11) is 0. The molecule has 4 rings (SSSR count). The van der Waals surface area contributed by atoms with Gasteiger partial charge in [-0.3, -0.25) is 14.0 Å². The Morgan fingerprint density at radius 1 is 1.23 bits per heavy atom. The lowest BCUT2D eigenvalue weighted by Gasteiger charge is -2.31. The molecule has 1 aliphatic heterocycles. The van der Waals surface area contributed by atoms with Gasteiger partial charge in [0.1, 0.15) is 17.2 Å². The first-order valence-corrected chi connectivity index (χ1v) is 10.2. The van der Waals surface area contributed by atoms with Crippen LogP contribution in [0.1, 0.15) is 34.5 Å². The van der Waals surface area contributed by atoms with Crippen LogP contribution in [0.2, 0.25) is 0 Å². The van der Waals surface area contributed by atoms with Gasteiger partial charge in [-0.2, -0.15) is 0 Å². The normalized spacial score (nSPS) is 15.5. The van der Waals surface area contributed by atoms with Gasteiger partial charge in [0.2, 0.25) is 0 Å². The van der Waals surface area contributed by atoms with Crippen LogP contribution in [0.4, 0.5) is 4.39 Å². The number of carbonyl (C=O) groups excluding carboxylic acids is 1. The number of halogens is 1. The Kier molecular flexibility index (Phi) is 5.63. The third-order valence-corrected chi connectivity index (χ3v) is 5.90. The number of ketones is 1. The third kappa shape index (κ3) is 3.98. The average Bonchev–Trinajstić information content (AvgIpc) is 2.73. The Labute approximate surface area is 173 Å². The number of phenolic OH excluding ortho intramolecular Hbond substituents is 1. The summed E-state index contributed by atoms with van der Waals surface area (Å²) in [6.45, 7) is 4.06. The van der Waals surface area contributed by atoms with Crippen LogP contribution >= 0.6 is 0 Å². The van der Waals surface area contributed by atoms with E-state index in [0.29, 0.717) is 30.5 Å². The molecule has 30 heavy (non-hydrogen) atoms. The summed E-state index contributed by atoms with van der Waals surface area (Å²) in [6.07, 6.45) is 3.68. The summed E-state index contributed by atoms with van der Waals surface area (Å²) in [5, 5.41) is 9.87. The van der Waals surface area contributed by atoms with Gasteiger partial charge in [-0.1, -0.05) is 6.07 Å². The molecule has 6 nitrogen and oxygen atoms in total. The number of piperidine rings is 1. The molecule has 1 aliphatic rings. The van der Waals surface area contributed by atoms with Gasteiger partial charge in [-0.15, -0.1) is 0 Å². The Balaban J connectivity index is 1.38. The van der Waals surface area contributed by atoms with Crippen molar-refractivity contribution in [2.45, 2.75) is 26.2 Å². The van der Waals surface area contributed by atoms with E-state index >= 15 is 0 Å². The van der Waals surface area contributed by atoms with Gasteiger partial charge >= 0.3 is 0 Å². The number of pyridine rings is 1. The first kappa shape index (κ1) is 20.2. The molecule has 3 heterocycles. The number of nitrogens with zero attached hydrogens (tertiary/aromatic N) is 3. The molecule has 0 amide bonds. The number of aromatic hydroxyl groups is 1. The number of rotatable bonds is 5. The molecule has 1 aromatic carbocycles. The summed E-state index contributed by atoms with van der Waals surface area (Å²) in [5.41, 5.74) is 2.26. The molecule has 1 saturated heterocycles. The third-order valence-electron chi connectivity index (χ3n) is 5.90. The van der Waals surface area contributed by atoms with E-state index in [1.807, 2.05) is 25.1 Å². The van der Waals surface area contributed by atoms with Crippen molar-refractivity contribution >= 4 is 11.4 Å². The van der Waals surface area contributed by atoms with Crippen molar-refractivity contribution in [3.63, 3.8) is 0 Å². The largest absolute Gasteiger partial charge is 0.507 e. The predicted molar refractivity (Wildman–Crippen MR) is 111 cm³/mol. The molecule has 156 valence electrons. The molecule has 0 bridgehead atoms. The Bertz CT molecular complexity index is 1150. The first-order chi connectivity index (χ1) is 14.4. The molecular formula is C23H24FN3O3. The van der Waals surface area contributed by atoms with E-state index in [2.05, 4.69) is 9.88 Å². The van der Waals surface area contributed by atoms with E-state index in [9.17, 15) is 19.1 Å². The molecule has 0 radical (unpaired) electrons.